The van der Waals surface area contributed by atoms with E-state index in [2.05, 4.69) is 23.3 Å². The van der Waals surface area contributed by atoms with Crippen molar-refractivity contribution in [2.24, 2.45) is 0 Å². The summed E-state index contributed by atoms with van der Waals surface area (Å²) < 4.78 is 22.7. The highest BCUT2D eigenvalue weighted by Crippen LogP contribution is 2.51. The van der Waals surface area contributed by atoms with E-state index in [0.717, 1.165) is 0 Å². The van der Waals surface area contributed by atoms with E-state index in [1.54, 1.807) is 13.8 Å². The Hall–Kier alpha value is -0.560. The molecule has 0 aromatic rings. The maximum Gasteiger partial charge on any atom is 0.352 e. The van der Waals surface area contributed by atoms with Crippen molar-refractivity contribution in [1.29, 1.82) is 0 Å². The lowest BCUT2D eigenvalue weighted by molar-refractivity contribution is -0.127. The Morgan fingerprint density at radius 2 is 1.70 bits per heavy atom. The van der Waals surface area contributed by atoms with Crippen LogP contribution in [0.3, 0.4) is 0 Å². The molecule has 0 aromatic carbocycles. The van der Waals surface area contributed by atoms with Gasteiger partial charge in [-0.25, -0.2) is 0 Å². The second-order valence-corrected chi connectivity index (χ2v) is 6.73. The molecule has 0 aromatic heterocycles. The second-order valence-electron chi connectivity index (χ2n) is 4.00. The quantitative estimate of drug-likeness (QED) is 0.436. The number of carbonyl (C=O) groups excluding carboxylic acids is 2. The van der Waals surface area contributed by atoms with E-state index in [1.807, 2.05) is 0 Å². The van der Waals surface area contributed by atoms with Crippen molar-refractivity contribution in [3.63, 3.8) is 0 Å². The van der Waals surface area contributed by atoms with Gasteiger partial charge in [0.05, 0.1) is 13.2 Å². The van der Waals surface area contributed by atoms with Crippen molar-refractivity contribution in [1.82, 2.24) is 10.6 Å². The minimum Gasteiger partial charge on any atom is -0.344 e. The van der Waals surface area contributed by atoms with Gasteiger partial charge in [0, 0.05) is 12.7 Å². The highest BCUT2D eigenvalue weighted by Gasteiger charge is 2.34. The fourth-order valence-electron chi connectivity index (χ4n) is 1.45. The van der Waals surface area contributed by atoms with Crippen molar-refractivity contribution < 1.29 is 23.2 Å². The third kappa shape index (κ3) is 6.26. The molecule has 2 N–H and O–H groups in total. The third-order valence-electron chi connectivity index (χ3n) is 2.32. The van der Waals surface area contributed by atoms with E-state index in [9.17, 15) is 14.2 Å². The van der Waals surface area contributed by atoms with Crippen LogP contribution in [0, 0.1) is 0 Å². The van der Waals surface area contributed by atoms with Crippen LogP contribution in [-0.2, 0) is 23.2 Å². The van der Waals surface area contributed by atoms with E-state index in [1.165, 1.54) is 13.8 Å². The van der Waals surface area contributed by atoms with E-state index < -0.39 is 25.3 Å². The zero-order valence-corrected chi connectivity index (χ0v) is 14.0. The molecule has 118 valence electrons. The first-order valence-corrected chi connectivity index (χ1v) is 8.62. The Morgan fingerprint density at radius 3 is 2.05 bits per heavy atom. The molecule has 0 saturated heterocycles. The average Bonchev–Trinajstić information content (AvgIpc) is 2.35. The van der Waals surface area contributed by atoms with Gasteiger partial charge in [-0.2, -0.15) is 12.6 Å². The molecule has 9 heteroatoms. The Kier molecular flexibility index (Phi) is 9.13. The molecule has 0 rings (SSSR count). The molecule has 0 spiro atoms. The summed E-state index contributed by atoms with van der Waals surface area (Å²) in [5, 5.41) is 4.98. The summed E-state index contributed by atoms with van der Waals surface area (Å²) in [5.41, 5.74) is 0. The summed E-state index contributed by atoms with van der Waals surface area (Å²) >= 11 is 4.00. The topological polar surface area (TPSA) is 93.7 Å². The van der Waals surface area contributed by atoms with Gasteiger partial charge in [0.1, 0.15) is 11.8 Å². The van der Waals surface area contributed by atoms with Crippen LogP contribution in [0.5, 0.6) is 0 Å². The summed E-state index contributed by atoms with van der Waals surface area (Å²) in [7, 11) is -3.42. The van der Waals surface area contributed by atoms with Gasteiger partial charge in [-0.05, 0) is 20.8 Å². The predicted molar refractivity (Wildman–Crippen MR) is 79.9 cm³/mol. The molecular formula is C11H23N2O5PS. The molecule has 0 heterocycles. The van der Waals surface area contributed by atoms with E-state index in [4.69, 9.17) is 9.05 Å². The lowest BCUT2D eigenvalue weighted by Gasteiger charge is -2.25. The molecule has 0 bridgehead atoms. The van der Waals surface area contributed by atoms with Crippen LogP contribution in [0.25, 0.3) is 0 Å². The van der Waals surface area contributed by atoms with Crippen molar-refractivity contribution in [2.75, 3.05) is 19.0 Å². The molecule has 7 nitrogen and oxygen atoms in total. The van der Waals surface area contributed by atoms with Crippen LogP contribution in [0.15, 0.2) is 0 Å². The second kappa shape index (κ2) is 9.39. The predicted octanol–water partition coefficient (Wildman–Crippen LogP) is 1.15. The maximum atomic E-state index is 12.4. The summed E-state index contributed by atoms with van der Waals surface area (Å²) in [6.07, 6.45) is 0. The van der Waals surface area contributed by atoms with Crippen LogP contribution in [0.4, 0.5) is 0 Å². The highest BCUT2D eigenvalue weighted by molar-refractivity contribution is 7.80. The summed E-state index contributed by atoms with van der Waals surface area (Å²) in [6.45, 7) is 6.63. The zero-order valence-electron chi connectivity index (χ0n) is 12.2. The fraction of sp³-hybridized carbons (Fsp3) is 0.818. The van der Waals surface area contributed by atoms with Crippen LogP contribution < -0.4 is 10.6 Å². The first kappa shape index (κ1) is 19.4. The molecule has 0 aliphatic heterocycles. The van der Waals surface area contributed by atoms with E-state index >= 15 is 0 Å². The third-order valence-corrected chi connectivity index (χ3v) is 5.00. The van der Waals surface area contributed by atoms with Gasteiger partial charge in [0.2, 0.25) is 11.8 Å². The number of amides is 2. The number of thiol groups is 1. The first-order chi connectivity index (χ1) is 9.30. The number of nitrogens with one attached hydrogen (secondary N) is 2. The zero-order chi connectivity index (χ0) is 15.8. The summed E-state index contributed by atoms with van der Waals surface area (Å²) in [4.78, 5) is 22.9. The minimum absolute atomic E-state index is 0.131. The average molecular weight is 326 g/mol. The molecule has 20 heavy (non-hydrogen) atoms. The molecular weight excluding hydrogens is 303 g/mol. The van der Waals surface area contributed by atoms with E-state index in [-0.39, 0.29) is 24.9 Å². The van der Waals surface area contributed by atoms with Crippen molar-refractivity contribution >= 4 is 32.0 Å². The van der Waals surface area contributed by atoms with Crippen LogP contribution >= 0.6 is 20.2 Å². The molecule has 0 aliphatic carbocycles. The molecule has 0 fully saturated rings. The van der Waals surface area contributed by atoms with Crippen molar-refractivity contribution in [2.45, 2.75) is 39.5 Å². The summed E-state index contributed by atoms with van der Waals surface area (Å²) in [6, 6.07) is -0.796. The largest absolute Gasteiger partial charge is 0.352 e. The normalized spacial score (nSPS) is 14.4. The Labute approximate surface area is 125 Å². The number of rotatable bonds is 9. The SMILES string of the molecule is CCOP(=O)(OCC)C(C)NC(=O)[C@H](CS)NC(C)=O. The van der Waals surface area contributed by atoms with Gasteiger partial charge in [-0.1, -0.05) is 0 Å². The van der Waals surface area contributed by atoms with E-state index in [0.29, 0.717) is 0 Å². The van der Waals surface area contributed by atoms with Gasteiger partial charge in [0.15, 0.2) is 0 Å². The highest BCUT2D eigenvalue weighted by atomic mass is 32.1. The van der Waals surface area contributed by atoms with Gasteiger partial charge >= 0.3 is 7.60 Å². The number of carbonyl (C=O) groups is 2. The maximum absolute atomic E-state index is 12.4. The minimum atomic E-state index is -3.42. The molecule has 0 aliphatic rings. The Morgan fingerprint density at radius 1 is 1.20 bits per heavy atom. The monoisotopic (exact) mass is 326 g/mol. The fourth-order valence-corrected chi connectivity index (χ4v) is 3.23. The van der Waals surface area contributed by atoms with Gasteiger partial charge in [-0.15, -0.1) is 0 Å². The van der Waals surface area contributed by atoms with Gasteiger partial charge < -0.3 is 19.7 Å². The van der Waals surface area contributed by atoms with Gasteiger partial charge in [-0.3, -0.25) is 14.2 Å². The van der Waals surface area contributed by atoms with Crippen molar-refractivity contribution in [3.8, 4) is 0 Å². The summed E-state index contributed by atoms with van der Waals surface area (Å²) in [5.74, 6) is -1.51. The van der Waals surface area contributed by atoms with Crippen molar-refractivity contribution in [3.05, 3.63) is 0 Å². The standard InChI is InChI=1S/C11H23N2O5PS/c1-5-17-19(16,18-6-2)9(4)13-11(15)10(7-20)12-8(3)14/h9-10,20H,5-7H2,1-4H3,(H,12,14)(H,13,15)/t9?,10-/m0/s1. The number of hydrogen-bond acceptors (Lipinski definition) is 6. The molecule has 0 radical (unpaired) electrons. The number of hydrogen-bond donors (Lipinski definition) is 3. The van der Waals surface area contributed by atoms with Crippen LogP contribution in [0.2, 0.25) is 0 Å². The Balaban J connectivity index is 4.77. The molecule has 2 amide bonds. The van der Waals surface area contributed by atoms with Crippen LogP contribution in [-0.4, -0.2) is 42.6 Å². The lowest BCUT2D eigenvalue weighted by Crippen LogP contribution is -2.49. The van der Waals surface area contributed by atoms with Crippen LogP contribution in [0.1, 0.15) is 27.7 Å². The molecule has 1 unspecified atom stereocenters. The molecule has 0 saturated carbocycles. The first-order valence-electron chi connectivity index (χ1n) is 6.37. The van der Waals surface area contributed by atoms with Gasteiger partial charge in [0.25, 0.3) is 0 Å². The lowest BCUT2D eigenvalue weighted by atomic mass is 10.3. The molecule has 2 atom stereocenters. The Bertz CT molecular complexity index is 370. The smallest absolute Gasteiger partial charge is 0.344 e.